The number of esters is 1. The van der Waals surface area contributed by atoms with Gasteiger partial charge in [0.05, 0.1) is 18.7 Å². The molecule has 3 unspecified atom stereocenters. The lowest BCUT2D eigenvalue weighted by Crippen LogP contribution is -2.59. The zero-order chi connectivity index (χ0) is 20.1. The van der Waals surface area contributed by atoms with E-state index < -0.39 is 36.1 Å². The van der Waals surface area contributed by atoms with Gasteiger partial charge in [0.1, 0.15) is 12.1 Å². The standard InChI is InChI=1S/C19H27N3O5/c1-3-27-19(26)14(8-9-20)22-15(18(24)25)10-12-6-4-5-7-13(12)16(22)17(23)11(2)21/h4-7,11,14-16H,3,8-10,20-21H2,1-2H3,(H,24,25)/t11-,14?,15?,16?/m0/s1. The van der Waals surface area contributed by atoms with Crippen molar-refractivity contribution in [2.24, 2.45) is 11.5 Å². The number of hydrogen-bond acceptors (Lipinski definition) is 7. The first-order valence-electron chi connectivity index (χ1n) is 9.07. The lowest BCUT2D eigenvalue weighted by Gasteiger charge is -2.44. The average molecular weight is 377 g/mol. The normalized spacial score (nSPS) is 21.8. The molecule has 2 rings (SSSR count). The second-order valence-corrected chi connectivity index (χ2v) is 6.64. The summed E-state index contributed by atoms with van der Waals surface area (Å²) in [7, 11) is 0. The first-order chi connectivity index (χ1) is 12.8. The highest BCUT2D eigenvalue weighted by atomic mass is 16.5. The van der Waals surface area contributed by atoms with E-state index in [-0.39, 0.29) is 31.8 Å². The van der Waals surface area contributed by atoms with Gasteiger partial charge in [-0.3, -0.25) is 19.3 Å². The Labute approximate surface area is 158 Å². The van der Waals surface area contributed by atoms with Gasteiger partial charge in [-0.1, -0.05) is 24.3 Å². The van der Waals surface area contributed by atoms with E-state index in [1.807, 2.05) is 0 Å². The van der Waals surface area contributed by atoms with Crippen LogP contribution in [0.25, 0.3) is 0 Å². The predicted octanol–water partition coefficient (Wildman–Crippen LogP) is 0.236. The quantitative estimate of drug-likeness (QED) is 0.548. The molecule has 27 heavy (non-hydrogen) atoms. The van der Waals surface area contributed by atoms with E-state index in [1.165, 1.54) is 4.90 Å². The van der Waals surface area contributed by atoms with Gasteiger partial charge >= 0.3 is 11.9 Å². The Kier molecular flexibility index (Phi) is 7.06. The summed E-state index contributed by atoms with van der Waals surface area (Å²) in [5.74, 6) is -2.05. The van der Waals surface area contributed by atoms with Gasteiger partial charge in [-0.05, 0) is 44.4 Å². The van der Waals surface area contributed by atoms with Crippen molar-refractivity contribution in [1.29, 1.82) is 0 Å². The number of benzene rings is 1. The highest BCUT2D eigenvalue weighted by Crippen LogP contribution is 2.37. The number of Topliss-reactive ketones (excluding diaryl/α,β-unsaturated/α-hetero) is 1. The third-order valence-electron chi connectivity index (χ3n) is 4.78. The van der Waals surface area contributed by atoms with Crippen molar-refractivity contribution in [3.63, 3.8) is 0 Å². The molecule has 0 bridgehead atoms. The topological polar surface area (TPSA) is 136 Å². The lowest BCUT2D eigenvalue weighted by molar-refractivity contribution is -0.159. The van der Waals surface area contributed by atoms with E-state index in [0.29, 0.717) is 5.56 Å². The Balaban J connectivity index is 2.63. The molecule has 8 nitrogen and oxygen atoms in total. The molecule has 0 spiro atoms. The van der Waals surface area contributed by atoms with Crippen LogP contribution in [0, 0.1) is 0 Å². The maximum Gasteiger partial charge on any atom is 0.323 e. The van der Waals surface area contributed by atoms with Crippen LogP contribution in [0.4, 0.5) is 0 Å². The zero-order valence-electron chi connectivity index (χ0n) is 15.6. The molecule has 148 valence electrons. The molecule has 0 saturated carbocycles. The summed E-state index contributed by atoms with van der Waals surface area (Å²) in [5.41, 5.74) is 13.0. The molecule has 0 aliphatic carbocycles. The van der Waals surface area contributed by atoms with Gasteiger partial charge in [0, 0.05) is 0 Å². The van der Waals surface area contributed by atoms with Crippen LogP contribution < -0.4 is 11.5 Å². The van der Waals surface area contributed by atoms with E-state index in [0.717, 1.165) is 5.56 Å². The van der Waals surface area contributed by atoms with Crippen LogP contribution in [0.5, 0.6) is 0 Å². The fourth-order valence-corrected chi connectivity index (χ4v) is 3.59. The largest absolute Gasteiger partial charge is 0.480 e. The van der Waals surface area contributed by atoms with Gasteiger partial charge in [0.15, 0.2) is 5.78 Å². The third-order valence-corrected chi connectivity index (χ3v) is 4.78. The monoisotopic (exact) mass is 377 g/mol. The van der Waals surface area contributed by atoms with Crippen LogP contribution in [0.15, 0.2) is 24.3 Å². The maximum atomic E-state index is 13.0. The first kappa shape index (κ1) is 21.0. The van der Waals surface area contributed by atoms with E-state index in [2.05, 4.69) is 0 Å². The Morgan fingerprint density at radius 1 is 1.33 bits per heavy atom. The second kappa shape index (κ2) is 9.07. The number of nitrogens with zero attached hydrogens (tertiary/aromatic N) is 1. The summed E-state index contributed by atoms with van der Waals surface area (Å²) in [6.07, 6.45) is 0.349. The fourth-order valence-electron chi connectivity index (χ4n) is 3.59. The number of carbonyl (C=O) groups excluding carboxylic acids is 2. The van der Waals surface area contributed by atoms with E-state index in [4.69, 9.17) is 16.2 Å². The SMILES string of the molecule is CCOC(=O)C(CCN)N1C(C(=O)O)Cc2ccccc2C1C(=O)[C@H](C)N. The van der Waals surface area contributed by atoms with Gasteiger partial charge in [0.25, 0.3) is 0 Å². The number of carboxylic acid groups (broad SMARTS) is 1. The van der Waals surface area contributed by atoms with E-state index in [1.54, 1.807) is 38.1 Å². The number of carbonyl (C=O) groups is 3. The first-order valence-corrected chi connectivity index (χ1v) is 9.07. The van der Waals surface area contributed by atoms with Crippen molar-refractivity contribution in [3.05, 3.63) is 35.4 Å². The van der Waals surface area contributed by atoms with Crippen molar-refractivity contribution >= 4 is 17.7 Å². The molecule has 1 heterocycles. The van der Waals surface area contributed by atoms with Crippen LogP contribution in [0.1, 0.15) is 37.4 Å². The predicted molar refractivity (Wildman–Crippen MR) is 98.9 cm³/mol. The summed E-state index contributed by atoms with van der Waals surface area (Å²) in [5, 5.41) is 9.83. The van der Waals surface area contributed by atoms with Crippen molar-refractivity contribution < 1.29 is 24.2 Å². The van der Waals surface area contributed by atoms with Crippen LogP contribution in [0.3, 0.4) is 0 Å². The Bertz CT molecular complexity index is 706. The molecule has 1 aliphatic rings. The number of rotatable bonds is 8. The van der Waals surface area contributed by atoms with Crippen molar-refractivity contribution in [2.75, 3.05) is 13.2 Å². The molecule has 5 N–H and O–H groups in total. The Morgan fingerprint density at radius 3 is 2.56 bits per heavy atom. The molecule has 8 heteroatoms. The molecule has 0 aromatic heterocycles. The minimum absolute atomic E-state index is 0.146. The van der Waals surface area contributed by atoms with Crippen LogP contribution >= 0.6 is 0 Å². The van der Waals surface area contributed by atoms with E-state index >= 15 is 0 Å². The molecular formula is C19H27N3O5. The third kappa shape index (κ3) is 4.35. The minimum Gasteiger partial charge on any atom is -0.480 e. The summed E-state index contributed by atoms with van der Waals surface area (Å²) < 4.78 is 5.14. The number of fused-ring (bicyclic) bond motifs is 1. The van der Waals surface area contributed by atoms with Crippen molar-refractivity contribution in [1.82, 2.24) is 4.90 Å². The van der Waals surface area contributed by atoms with Crippen LogP contribution in [-0.2, 0) is 25.5 Å². The lowest BCUT2D eigenvalue weighted by atomic mass is 9.83. The second-order valence-electron chi connectivity index (χ2n) is 6.64. The van der Waals surface area contributed by atoms with Gasteiger partial charge < -0.3 is 21.3 Å². The van der Waals surface area contributed by atoms with Crippen LogP contribution in [0.2, 0.25) is 0 Å². The summed E-state index contributed by atoms with van der Waals surface area (Å²) >= 11 is 0. The van der Waals surface area contributed by atoms with Gasteiger partial charge in [-0.2, -0.15) is 0 Å². The van der Waals surface area contributed by atoms with E-state index in [9.17, 15) is 19.5 Å². The number of ketones is 1. The molecule has 1 aliphatic heterocycles. The minimum atomic E-state index is -1.11. The summed E-state index contributed by atoms with van der Waals surface area (Å²) in [6, 6.07) is 3.37. The maximum absolute atomic E-state index is 13.0. The van der Waals surface area contributed by atoms with Crippen LogP contribution in [-0.4, -0.2) is 59.0 Å². The number of aliphatic carboxylic acids is 1. The molecule has 0 radical (unpaired) electrons. The molecular weight excluding hydrogens is 350 g/mol. The molecule has 1 aromatic rings. The Morgan fingerprint density at radius 2 is 2.00 bits per heavy atom. The highest BCUT2D eigenvalue weighted by Gasteiger charge is 2.47. The number of carboxylic acids is 1. The fraction of sp³-hybridized carbons (Fsp3) is 0.526. The smallest absolute Gasteiger partial charge is 0.323 e. The number of ether oxygens (including phenoxy) is 1. The average Bonchev–Trinajstić information content (AvgIpc) is 2.64. The van der Waals surface area contributed by atoms with Gasteiger partial charge in [-0.25, -0.2) is 0 Å². The van der Waals surface area contributed by atoms with Crippen molar-refractivity contribution in [2.45, 2.75) is 50.9 Å². The van der Waals surface area contributed by atoms with Gasteiger partial charge in [0.2, 0.25) is 0 Å². The summed E-state index contributed by atoms with van der Waals surface area (Å²) in [4.78, 5) is 39.0. The molecule has 0 fully saturated rings. The molecule has 0 amide bonds. The van der Waals surface area contributed by atoms with Gasteiger partial charge in [-0.15, -0.1) is 0 Å². The highest BCUT2D eigenvalue weighted by molar-refractivity contribution is 5.92. The number of nitrogens with two attached hydrogens (primary N) is 2. The van der Waals surface area contributed by atoms with Crippen molar-refractivity contribution in [3.8, 4) is 0 Å². The Hall–Kier alpha value is -2.29. The molecule has 0 saturated heterocycles. The summed E-state index contributed by atoms with van der Waals surface area (Å²) in [6.45, 7) is 3.51. The molecule has 1 aromatic carbocycles. The number of hydrogen-bond donors (Lipinski definition) is 3. The zero-order valence-corrected chi connectivity index (χ0v) is 15.6. The molecule has 4 atom stereocenters.